The maximum atomic E-state index is 4.46. The Labute approximate surface area is 260 Å². The first kappa shape index (κ1) is 25.4. The van der Waals surface area contributed by atoms with Crippen molar-refractivity contribution in [3.8, 4) is 16.8 Å². The van der Waals surface area contributed by atoms with Crippen molar-refractivity contribution in [2.75, 3.05) is 4.90 Å². The number of hydrogen-bond acceptors (Lipinski definition) is 2. The van der Waals surface area contributed by atoms with E-state index in [0.29, 0.717) is 0 Å². The first-order valence-electron chi connectivity index (χ1n) is 15.2. The SMILES string of the molecule is c1ccc(N(c2ccccc2)c2cc(-c3ccc4c5ccccc5n(-c5cccnc5)c4c3)c3[nH]c4ccccc4c3c2)cc1. The summed E-state index contributed by atoms with van der Waals surface area (Å²) in [6.45, 7) is 0. The third-order valence-electron chi connectivity index (χ3n) is 8.78. The summed E-state index contributed by atoms with van der Waals surface area (Å²) in [5.74, 6) is 0. The second-order valence-electron chi connectivity index (χ2n) is 11.4. The topological polar surface area (TPSA) is 36.9 Å². The zero-order valence-electron chi connectivity index (χ0n) is 24.4. The first-order chi connectivity index (χ1) is 22.3. The van der Waals surface area contributed by atoms with E-state index in [0.717, 1.165) is 50.4 Å². The Morgan fingerprint density at radius 3 is 1.96 bits per heavy atom. The highest BCUT2D eigenvalue weighted by Crippen LogP contribution is 2.43. The number of benzene rings is 6. The van der Waals surface area contributed by atoms with Crippen LogP contribution in [0, 0.1) is 0 Å². The lowest BCUT2D eigenvalue weighted by Gasteiger charge is -2.26. The molecule has 0 fully saturated rings. The van der Waals surface area contributed by atoms with Gasteiger partial charge in [0, 0.05) is 55.9 Å². The summed E-state index contributed by atoms with van der Waals surface area (Å²) >= 11 is 0. The number of fused-ring (bicyclic) bond motifs is 6. The van der Waals surface area contributed by atoms with Gasteiger partial charge in [-0.2, -0.15) is 0 Å². The summed E-state index contributed by atoms with van der Waals surface area (Å²) < 4.78 is 2.33. The lowest BCUT2D eigenvalue weighted by atomic mass is 9.98. The molecule has 9 rings (SSSR count). The zero-order valence-corrected chi connectivity index (χ0v) is 24.4. The first-order valence-corrected chi connectivity index (χ1v) is 15.2. The molecule has 4 heteroatoms. The molecule has 4 nitrogen and oxygen atoms in total. The fourth-order valence-electron chi connectivity index (χ4n) is 6.80. The Morgan fingerprint density at radius 1 is 0.511 bits per heavy atom. The molecule has 3 heterocycles. The minimum atomic E-state index is 1.05. The summed E-state index contributed by atoms with van der Waals surface area (Å²) in [5, 5.41) is 4.86. The quantitative estimate of drug-likeness (QED) is 0.221. The highest BCUT2D eigenvalue weighted by atomic mass is 15.1. The zero-order chi connectivity index (χ0) is 29.7. The molecule has 6 aromatic carbocycles. The fraction of sp³-hybridized carbons (Fsp3) is 0. The maximum Gasteiger partial charge on any atom is 0.0645 e. The van der Waals surface area contributed by atoms with E-state index in [1.54, 1.807) is 0 Å². The summed E-state index contributed by atoms with van der Waals surface area (Å²) in [6, 6.07) is 54.1. The largest absolute Gasteiger partial charge is 0.354 e. The molecule has 9 aromatic rings. The monoisotopic (exact) mass is 576 g/mol. The summed E-state index contributed by atoms with van der Waals surface area (Å²) in [6.07, 6.45) is 3.76. The Balaban J connectivity index is 1.36. The minimum Gasteiger partial charge on any atom is -0.354 e. The van der Waals surface area contributed by atoms with Gasteiger partial charge in [-0.1, -0.05) is 84.9 Å². The molecule has 1 N–H and O–H groups in total. The van der Waals surface area contributed by atoms with Crippen molar-refractivity contribution in [3.05, 3.63) is 164 Å². The minimum absolute atomic E-state index is 1.05. The second kappa shape index (κ2) is 10.2. The molecule has 3 aromatic heterocycles. The van der Waals surface area contributed by atoms with Crippen LogP contribution in [0.2, 0.25) is 0 Å². The molecular weight excluding hydrogens is 548 g/mol. The maximum absolute atomic E-state index is 4.46. The third kappa shape index (κ3) is 4.11. The number of aromatic amines is 1. The molecule has 0 aliphatic rings. The second-order valence-corrected chi connectivity index (χ2v) is 11.4. The van der Waals surface area contributed by atoms with Gasteiger partial charge in [0.25, 0.3) is 0 Å². The van der Waals surface area contributed by atoms with Crippen LogP contribution in [0.5, 0.6) is 0 Å². The number of pyridine rings is 1. The summed E-state index contributed by atoms with van der Waals surface area (Å²) in [4.78, 5) is 10.6. The van der Waals surface area contributed by atoms with Gasteiger partial charge >= 0.3 is 0 Å². The van der Waals surface area contributed by atoms with Gasteiger partial charge in [0.05, 0.1) is 28.4 Å². The number of nitrogens with one attached hydrogen (secondary N) is 1. The van der Waals surface area contributed by atoms with Gasteiger partial charge in [0.2, 0.25) is 0 Å². The number of H-pyrrole nitrogens is 1. The van der Waals surface area contributed by atoms with E-state index in [4.69, 9.17) is 0 Å². The van der Waals surface area contributed by atoms with Crippen molar-refractivity contribution in [2.24, 2.45) is 0 Å². The number of aromatic nitrogens is 3. The van der Waals surface area contributed by atoms with Crippen molar-refractivity contribution in [1.29, 1.82) is 0 Å². The molecule has 0 saturated carbocycles. The van der Waals surface area contributed by atoms with Crippen molar-refractivity contribution >= 4 is 60.7 Å². The van der Waals surface area contributed by atoms with Crippen LogP contribution >= 0.6 is 0 Å². The molecule has 0 unspecified atom stereocenters. The number of rotatable bonds is 5. The van der Waals surface area contributed by atoms with E-state index in [2.05, 4.69) is 165 Å². The van der Waals surface area contributed by atoms with Gasteiger partial charge in [0.15, 0.2) is 0 Å². The van der Waals surface area contributed by atoms with Crippen molar-refractivity contribution in [3.63, 3.8) is 0 Å². The predicted molar refractivity (Wildman–Crippen MR) is 188 cm³/mol. The summed E-state index contributed by atoms with van der Waals surface area (Å²) in [5.41, 5.74) is 11.3. The average molecular weight is 577 g/mol. The van der Waals surface area contributed by atoms with Crippen LogP contribution in [0.25, 0.3) is 60.4 Å². The van der Waals surface area contributed by atoms with Gasteiger partial charge in [-0.25, -0.2) is 0 Å². The van der Waals surface area contributed by atoms with Crippen molar-refractivity contribution in [1.82, 2.24) is 14.5 Å². The normalized spacial score (nSPS) is 11.6. The van der Waals surface area contributed by atoms with Crippen molar-refractivity contribution in [2.45, 2.75) is 0 Å². The molecular formula is C41H28N4. The highest BCUT2D eigenvalue weighted by Gasteiger charge is 2.19. The van der Waals surface area contributed by atoms with E-state index in [1.165, 1.54) is 27.1 Å². The molecule has 0 aliphatic heterocycles. The van der Waals surface area contributed by atoms with E-state index in [9.17, 15) is 0 Å². The van der Waals surface area contributed by atoms with Crippen LogP contribution in [0.15, 0.2) is 164 Å². The van der Waals surface area contributed by atoms with E-state index in [1.807, 2.05) is 18.5 Å². The Kier molecular flexibility index (Phi) is 5.78. The van der Waals surface area contributed by atoms with Crippen LogP contribution in [0.1, 0.15) is 0 Å². The Morgan fingerprint density at radius 2 is 1.20 bits per heavy atom. The number of para-hydroxylation sites is 4. The molecule has 0 aliphatic carbocycles. The van der Waals surface area contributed by atoms with Gasteiger partial charge in [0.1, 0.15) is 0 Å². The molecule has 0 spiro atoms. The van der Waals surface area contributed by atoms with E-state index >= 15 is 0 Å². The van der Waals surface area contributed by atoms with Gasteiger partial charge in [-0.3, -0.25) is 4.98 Å². The predicted octanol–water partition coefficient (Wildman–Crippen LogP) is 10.9. The van der Waals surface area contributed by atoms with Crippen LogP contribution < -0.4 is 4.90 Å². The number of nitrogens with zero attached hydrogens (tertiary/aromatic N) is 3. The smallest absolute Gasteiger partial charge is 0.0645 e. The molecule has 212 valence electrons. The molecule has 0 atom stereocenters. The third-order valence-corrected chi connectivity index (χ3v) is 8.78. The van der Waals surface area contributed by atoms with E-state index < -0.39 is 0 Å². The molecule has 0 radical (unpaired) electrons. The van der Waals surface area contributed by atoms with Crippen LogP contribution in [0.3, 0.4) is 0 Å². The molecule has 0 saturated heterocycles. The van der Waals surface area contributed by atoms with E-state index in [-0.39, 0.29) is 0 Å². The van der Waals surface area contributed by atoms with Gasteiger partial charge < -0.3 is 14.5 Å². The molecule has 0 amide bonds. The van der Waals surface area contributed by atoms with Crippen LogP contribution in [-0.4, -0.2) is 14.5 Å². The lowest BCUT2D eigenvalue weighted by molar-refractivity contribution is 1.14. The summed E-state index contributed by atoms with van der Waals surface area (Å²) in [7, 11) is 0. The lowest BCUT2D eigenvalue weighted by Crippen LogP contribution is -2.09. The van der Waals surface area contributed by atoms with Gasteiger partial charge in [-0.05, 0) is 72.3 Å². The van der Waals surface area contributed by atoms with Gasteiger partial charge in [-0.15, -0.1) is 0 Å². The Bertz CT molecular complexity index is 2440. The number of anilines is 3. The fourth-order valence-corrected chi connectivity index (χ4v) is 6.80. The highest BCUT2D eigenvalue weighted by molar-refractivity contribution is 6.15. The van der Waals surface area contributed by atoms with Crippen molar-refractivity contribution < 1.29 is 0 Å². The standard InChI is InChI=1S/C41H28N4/c1-3-12-29(13-4-1)44(30-14-5-2-6-15-30)32-25-36(41-37(26-32)33-17-7-9-19-38(33)43-41)28-21-22-35-34-18-8-10-20-39(34)45(40(35)24-28)31-16-11-23-42-27-31/h1-27,43H. The number of hydrogen-bond donors (Lipinski definition) is 1. The Hall–Kier alpha value is -6.13. The molecule has 0 bridgehead atoms. The molecule has 45 heavy (non-hydrogen) atoms. The average Bonchev–Trinajstić information content (AvgIpc) is 3.65. The van der Waals surface area contributed by atoms with Crippen LogP contribution in [0.4, 0.5) is 17.1 Å². The van der Waals surface area contributed by atoms with Crippen LogP contribution in [-0.2, 0) is 0 Å².